The molecule has 106 unspecified atom stereocenters. The Kier molecular flexibility index (Phi) is 1.40. The summed E-state index contributed by atoms with van der Waals surface area (Å²) in [5.41, 5.74) is 82.4. The average Bonchev–Trinajstić information content (AvgIpc) is 0.428. The van der Waals surface area contributed by atoms with E-state index in [4.69, 9.17) is 0 Å². The summed E-state index contributed by atoms with van der Waals surface area (Å²) >= 11 is 0. The Morgan fingerprint density at radius 2 is 0.491 bits per heavy atom. The van der Waals surface area contributed by atoms with Crippen LogP contribution in [-0.4, -0.2) is 0 Å². The van der Waals surface area contributed by atoms with Crippen molar-refractivity contribution < 1.29 is 0 Å². The fraction of sp³-hybridized carbons (Fsp3) is 1.00. The zero-order valence-corrected chi connectivity index (χ0v) is 59.9. The van der Waals surface area contributed by atoms with E-state index in [0.29, 0.717) is 0 Å². The lowest BCUT2D eigenvalue weighted by molar-refractivity contribution is -1.12. The molecule has 0 amide bonds. The summed E-state index contributed by atoms with van der Waals surface area (Å²) in [6.45, 7) is 0. The SMILES string of the molecule is C1C2C3C4C5CC6C7C89CCC%10%11CC%12C%13C%14C%15C%16C%17C%18C%19C%20C%21C%22CC%23C%24C%25C%26C%27C%28C1C21C2C%29C%30C%31C%32C%33C3%34C43C4C56C75C46C34C%343C%337C%32%33C%31%32C%30%31C%29%30C2%29C%281C%271C%262C%25%26C%24%25C%23%22C%21%22C%20%21C%19%20C%18%19C%17%18C%16%17C%15%16C%14%15C%13%14C%12%10C%10%12C%11C%11C8C8%13C%11%10C%10%11C%12%14C%15%12C%16%14C%17%15C%18%16C%19%17C%20%18C%21%19C%25%22C%26%20C2%21C1%29C%301C%312C%32%22C%33%23C7%24C37C43C6(C958)C%13%10C34C%11%12C%143C%155C%166C%178C%189C%20%19C%211C29C%228C%236C%245C743. The minimum absolute atomic E-state index is 1.01. The third kappa shape index (κ3) is 0.600. The molecule has 0 aliphatic heterocycles. The van der Waals surface area contributed by atoms with E-state index < -0.39 is 0 Å². The van der Waals surface area contributed by atoms with Crippen molar-refractivity contribution >= 4 is 0 Å². The van der Waals surface area contributed by atoms with E-state index in [0.717, 1.165) is 260 Å². The quantitative estimate of drug-likeness (QED) is 0.228. The van der Waals surface area contributed by atoms with Crippen LogP contribution in [-0.2, 0) is 0 Å². The van der Waals surface area contributed by atoms with Gasteiger partial charge >= 0.3 is 0 Å². The van der Waals surface area contributed by atoms with Crippen molar-refractivity contribution in [2.45, 2.75) is 38.5 Å². The Balaban J connectivity index is 0.603. The third-order valence-electron chi connectivity index (χ3n) is 107. The molecule has 90 saturated carbocycles. The molecule has 90 rings (SSSR count). The lowest BCUT2D eigenvalue weighted by Gasteiger charge is -3.83. The highest BCUT2D eigenvalue weighted by Crippen LogP contribution is 3.96. The van der Waals surface area contributed by atoms with Gasteiger partial charge in [0.25, 0.3) is 0 Å². The number of hydrogen-bond acceptors (Lipinski definition) is 0. The number of rotatable bonds is 0. The predicted molar refractivity (Wildman–Crippen MR) is 346 cm³/mol. The molecule has 0 bridgehead atoms. The van der Waals surface area contributed by atoms with Gasteiger partial charge in [-0.3, -0.25) is 0 Å². The van der Waals surface area contributed by atoms with Crippen LogP contribution in [0.5, 0.6) is 0 Å². The Hall–Kier alpha value is 0. The largest absolute Gasteiger partial charge is 0.0461 e. The predicted octanol–water partition coefficient (Wildman–Crippen LogP) is 8.96. The maximum absolute atomic E-state index is 2.06. The van der Waals surface area contributed by atoms with Crippen molar-refractivity contribution in [1.82, 2.24) is 0 Å². The highest BCUT2D eigenvalue weighted by Gasteiger charge is 3.91. The van der Waals surface area contributed by atoms with E-state index in [-0.39, 0.29) is 0 Å². The molecule has 112 heavy (non-hydrogen) atoms. The standard InChI is InChI=1S/C112H46/c1-2-42-35-12-4-8-15-14-7-3-9-16-20-24-21-17-10-5-11-18-22-25-27-29-28-26-23-19-13-6-41(1)36-34-37(42)71-67(34)69(36)48(13,41)52(19)56(23)59(26)61(28)62(29)60(27)58(25)55(22)51(18)45(10,11)50(17)54(21)57(24)53(20)49(16)43(7,9)38-32-30-31-33-39-46(14)47(15)40-44(8,12)68(35)73(40)76(47)75(46)72(39)66(33)64(31)63(30)65(32)70(38,49)79(53)82(57)80(54)77(50,51)81(55)86(58)89(60)91(62)90(61)87(59)83(56)78(52,69)85(67)94(71)96(73,74(42,68)71)98(76)97(75)95(72)93(66)92(64)88(63)84(65,79)100(82)99(80,81)102(86)103(88,100)106(92)105(89,102)108(91)107(90)104(87)101(83,85)110(94,98)112(97,104)111(95,107)109(93,106)108/h7-40H,1-6H2. The van der Waals surface area contributed by atoms with Gasteiger partial charge in [0.05, 0.1) is 0 Å². The summed E-state index contributed by atoms with van der Waals surface area (Å²) < 4.78 is 0. The number of hydrogen-bond donors (Lipinski definition) is 0. The molecule has 0 aromatic heterocycles. The normalized spacial score (nSPS) is 158. The molecule has 106 atom stereocenters. The van der Waals surface area contributed by atoms with Gasteiger partial charge in [-0.2, -0.15) is 0 Å². The molecular weight excluding hydrogens is 1350 g/mol. The van der Waals surface area contributed by atoms with Crippen LogP contribution in [0, 0.1) is 591 Å². The van der Waals surface area contributed by atoms with Gasteiger partial charge in [0.1, 0.15) is 0 Å². The molecule has 90 aliphatic carbocycles. The van der Waals surface area contributed by atoms with E-state index >= 15 is 0 Å². The van der Waals surface area contributed by atoms with Crippen LogP contribution in [0.15, 0.2) is 0 Å². The second kappa shape index (κ2) is 4.61. The van der Waals surface area contributed by atoms with Crippen LogP contribution in [0.25, 0.3) is 0 Å². The first kappa shape index (κ1) is 34.2. The van der Waals surface area contributed by atoms with Crippen molar-refractivity contribution in [3.63, 3.8) is 0 Å². The van der Waals surface area contributed by atoms with Crippen LogP contribution >= 0.6 is 0 Å². The Morgan fingerprint density at radius 1 is 0.143 bits per heavy atom. The van der Waals surface area contributed by atoms with Gasteiger partial charge < -0.3 is 0 Å². The van der Waals surface area contributed by atoms with Crippen molar-refractivity contribution in [3.8, 4) is 0 Å². The lowest BCUT2D eigenvalue weighted by atomic mass is 8.18. The van der Waals surface area contributed by atoms with Gasteiger partial charge in [0.15, 0.2) is 0 Å². The smallest absolute Gasteiger partial charge is 0.00000138 e. The van der Waals surface area contributed by atoms with Crippen LogP contribution in [0.2, 0.25) is 0 Å². The lowest BCUT2D eigenvalue weighted by Crippen LogP contribution is -3.78. The molecule has 90 aliphatic rings. The topological polar surface area (TPSA) is 0 Å². The average molecular weight is 1390 g/mol. The Bertz CT molecular complexity index is 9800. The zero-order valence-electron chi connectivity index (χ0n) is 59.9. The van der Waals surface area contributed by atoms with E-state index in [1.807, 2.05) is 25.7 Å². The Labute approximate surface area is 625 Å². The van der Waals surface area contributed by atoms with E-state index in [1.54, 1.807) is 0 Å². The minimum atomic E-state index is 1.01. The molecule has 0 N–H and O–H groups in total. The van der Waals surface area contributed by atoms with Crippen LogP contribution in [0.4, 0.5) is 0 Å². The molecule has 0 aromatic carbocycles. The zero-order chi connectivity index (χ0) is 59.9. The molecule has 72 spiro atoms. The van der Waals surface area contributed by atoms with Crippen molar-refractivity contribution in [1.29, 1.82) is 0 Å². The second-order valence-corrected chi connectivity index (χ2v) is 76.4. The molecule has 0 heteroatoms. The van der Waals surface area contributed by atoms with Gasteiger partial charge in [-0.05, 0) is 630 Å². The fourth-order valence-electron chi connectivity index (χ4n) is 143. The van der Waals surface area contributed by atoms with Gasteiger partial charge in [0.2, 0.25) is 0 Å². The van der Waals surface area contributed by atoms with Gasteiger partial charge in [-0.15, -0.1) is 0 Å². The summed E-state index contributed by atoms with van der Waals surface area (Å²) in [5, 5.41) is 0. The molecule has 0 heterocycles. The van der Waals surface area contributed by atoms with Crippen molar-refractivity contribution in [2.75, 3.05) is 0 Å². The molecule has 0 radical (unpaired) electrons. The summed E-state index contributed by atoms with van der Waals surface area (Å²) in [4.78, 5) is 0. The highest BCUT2D eigenvalue weighted by atomic mass is 15.9. The first-order valence-corrected chi connectivity index (χ1v) is 55.8. The summed E-state index contributed by atoms with van der Waals surface area (Å²) in [6.07, 6.45) is 12.1. The summed E-state index contributed by atoms with van der Waals surface area (Å²) in [6, 6.07) is 0. The third-order valence-corrected chi connectivity index (χ3v) is 107. The van der Waals surface area contributed by atoms with Crippen molar-refractivity contribution in [3.05, 3.63) is 162 Å². The van der Waals surface area contributed by atoms with Gasteiger partial charge in [0, 0.05) is 0 Å². The monoisotopic (exact) mass is 1390 g/mol. The van der Waals surface area contributed by atoms with Crippen LogP contribution in [0.3, 0.4) is 0 Å². The van der Waals surface area contributed by atoms with E-state index in [1.165, 1.54) is 331 Å². The van der Waals surface area contributed by atoms with E-state index in [2.05, 4.69) is 12.8 Å². The van der Waals surface area contributed by atoms with Crippen LogP contribution in [0.1, 0.15) is 38.5 Å². The second-order valence-electron chi connectivity index (χ2n) is 76.4. The van der Waals surface area contributed by atoms with Crippen LogP contribution < -0.4 is 0 Å². The van der Waals surface area contributed by atoms with Gasteiger partial charge in [-0.1, -0.05) is 0 Å². The van der Waals surface area contributed by atoms with E-state index in [9.17, 15) is 0 Å². The highest BCUT2D eigenvalue weighted by molar-refractivity contribution is 6.93. The van der Waals surface area contributed by atoms with Crippen molar-refractivity contribution in [2.24, 2.45) is 429 Å². The fourth-order valence-corrected chi connectivity index (χ4v) is 143. The number of fused-ring (bicyclic) bond motifs is 20. The molecular formula is C112H46. The maximum atomic E-state index is 2.06. The molecule has 0 aromatic rings. The first-order valence-electron chi connectivity index (χ1n) is 55.8. The molecule has 494 valence electrons. The Morgan fingerprint density at radius 3 is 1.08 bits per heavy atom. The van der Waals surface area contributed by atoms with Gasteiger partial charge in [-0.25, -0.2) is 0 Å². The maximum Gasteiger partial charge on any atom is -0.00000138 e. The minimum Gasteiger partial charge on any atom is -0.0461 e. The molecule has 0 saturated heterocycles. The molecule has 90 fully saturated rings. The molecule has 0 nitrogen and oxygen atoms in total. The first-order chi connectivity index (χ1) is 55.8. The summed E-state index contributed by atoms with van der Waals surface area (Å²) in [7, 11) is 0. The summed E-state index contributed by atoms with van der Waals surface area (Å²) in [5.74, 6) is 49.9.